The molecule has 0 unspecified atom stereocenters. The van der Waals surface area contributed by atoms with E-state index < -0.39 is 5.97 Å². The molecule has 0 saturated heterocycles. The van der Waals surface area contributed by atoms with E-state index in [0.717, 1.165) is 0 Å². The summed E-state index contributed by atoms with van der Waals surface area (Å²) < 4.78 is 11.3. The highest BCUT2D eigenvalue weighted by Crippen LogP contribution is 2.37. The maximum atomic E-state index is 12.5. The molecule has 1 heterocycles. The molecule has 0 aliphatic carbocycles. The van der Waals surface area contributed by atoms with Crippen molar-refractivity contribution in [2.75, 3.05) is 7.11 Å². The quantitative estimate of drug-likeness (QED) is 0.466. The fourth-order valence-corrected chi connectivity index (χ4v) is 2.75. The zero-order valence-corrected chi connectivity index (χ0v) is 15.8. The number of carbonyl (C=O) groups is 1. The van der Waals surface area contributed by atoms with Crippen LogP contribution in [0, 0.1) is 6.92 Å². The van der Waals surface area contributed by atoms with Crippen molar-refractivity contribution in [2.45, 2.75) is 20.3 Å². The summed E-state index contributed by atoms with van der Waals surface area (Å²) in [4.78, 5) is 33.7. The number of halogens is 1. The summed E-state index contributed by atoms with van der Waals surface area (Å²) in [5, 5.41) is 0.705. The first-order valence-corrected chi connectivity index (χ1v) is 8.61. The molecular weight excluding hydrogens is 372 g/mol. The third-order valence-corrected chi connectivity index (χ3v) is 4.28. The van der Waals surface area contributed by atoms with Crippen molar-refractivity contribution in [3.05, 3.63) is 57.2 Å². The van der Waals surface area contributed by atoms with E-state index in [1.165, 1.54) is 13.2 Å². The van der Waals surface area contributed by atoms with Gasteiger partial charge in [-0.3, -0.25) is 14.6 Å². The molecule has 1 aromatic heterocycles. The summed E-state index contributed by atoms with van der Waals surface area (Å²) in [7, 11) is 1.50. The molecule has 0 spiro atoms. The number of rotatable bonds is 5. The summed E-state index contributed by atoms with van der Waals surface area (Å²) >= 11 is 6.17. The van der Waals surface area contributed by atoms with Gasteiger partial charge >= 0.3 is 5.97 Å². The van der Waals surface area contributed by atoms with Gasteiger partial charge in [-0.2, -0.15) is 0 Å². The van der Waals surface area contributed by atoms with Crippen LogP contribution in [0.2, 0.25) is 5.02 Å². The molecule has 6 nitrogen and oxygen atoms in total. The minimum absolute atomic E-state index is 0.181. The van der Waals surface area contributed by atoms with Crippen molar-refractivity contribution in [3.63, 3.8) is 0 Å². The van der Waals surface area contributed by atoms with E-state index in [4.69, 9.17) is 30.5 Å². The van der Waals surface area contributed by atoms with E-state index in [1.807, 2.05) is 0 Å². The number of fused-ring (bicyclic) bond motifs is 1. The Morgan fingerprint density at radius 2 is 1.96 bits per heavy atom. The third-order valence-electron chi connectivity index (χ3n) is 3.98. The van der Waals surface area contributed by atoms with Crippen LogP contribution in [0.25, 0.3) is 22.3 Å². The molecule has 0 fully saturated rings. The average Bonchev–Trinajstić information content (AvgIpc) is 2.67. The van der Waals surface area contributed by atoms with Crippen molar-refractivity contribution < 1.29 is 23.7 Å². The number of ether oxygens (including phenoxy) is 1. The second-order valence-electron chi connectivity index (χ2n) is 5.80. The van der Waals surface area contributed by atoms with E-state index in [0.29, 0.717) is 33.0 Å². The normalized spacial score (nSPS) is 10.7. The Hall–Kier alpha value is -2.99. The molecule has 3 rings (SSSR count). The molecule has 7 heteroatoms. The first-order chi connectivity index (χ1) is 12.9. The number of hydrogen-bond donors (Lipinski definition) is 0. The first-order valence-electron chi connectivity index (χ1n) is 8.23. The van der Waals surface area contributed by atoms with Gasteiger partial charge in [0.1, 0.15) is 11.5 Å². The summed E-state index contributed by atoms with van der Waals surface area (Å²) in [6.07, 6.45) is 0.181. The maximum Gasteiger partial charge on any atom is 0.355 e. The number of para-hydroxylation sites is 1. The molecule has 0 aliphatic heterocycles. The van der Waals surface area contributed by atoms with Gasteiger partial charge in [-0.15, -0.1) is 0 Å². The maximum absolute atomic E-state index is 12.5. The third kappa shape index (κ3) is 3.75. The minimum atomic E-state index is -0.504. The number of hydrogen-bond acceptors (Lipinski definition) is 6. The Morgan fingerprint density at radius 1 is 1.19 bits per heavy atom. The van der Waals surface area contributed by atoms with Crippen LogP contribution >= 0.6 is 11.6 Å². The van der Waals surface area contributed by atoms with Crippen LogP contribution in [0.4, 0.5) is 0 Å². The lowest BCUT2D eigenvalue weighted by Gasteiger charge is -2.13. The predicted molar refractivity (Wildman–Crippen MR) is 101 cm³/mol. The van der Waals surface area contributed by atoms with Crippen LogP contribution in [0.5, 0.6) is 11.5 Å². The molecule has 0 atom stereocenters. The second kappa shape index (κ2) is 7.72. The summed E-state index contributed by atoms with van der Waals surface area (Å²) in [5.41, 5.74) is 1.19. The molecule has 0 aliphatic rings. The molecule has 140 valence electrons. The van der Waals surface area contributed by atoms with Gasteiger partial charge in [-0.1, -0.05) is 24.6 Å². The first kappa shape index (κ1) is 18.8. The van der Waals surface area contributed by atoms with E-state index in [2.05, 4.69) is 0 Å². The highest BCUT2D eigenvalue weighted by molar-refractivity contribution is 6.34. The summed E-state index contributed by atoms with van der Waals surface area (Å²) in [6.45, 7) is 3.43. The highest BCUT2D eigenvalue weighted by Gasteiger charge is 2.17. The van der Waals surface area contributed by atoms with Crippen LogP contribution in [0.1, 0.15) is 18.9 Å². The summed E-state index contributed by atoms with van der Waals surface area (Å²) in [5.74, 6) is 0.519. The fraction of sp³-hybridized carbons (Fsp3) is 0.200. The standard InChI is InChI=1S/C20H17ClO6/c1-4-19(23)27-26-16-9-13(17(24-3)8-11(16)2)18-10-15(22)12-6-5-7-14(21)20(12)25-18/h5-10H,4H2,1-3H3. The van der Waals surface area contributed by atoms with Gasteiger partial charge in [0.15, 0.2) is 16.8 Å². The Balaban J connectivity index is 2.15. The fourth-order valence-electron chi connectivity index (χ4n) is 2.54. The van der Waals surface area contributed by atoms with Gasteiger partial charge in [-0.25, -0.2) is 4.79 Å². The number of methoxy groups -OCH3 is 1. The number of aryl methyl sites for hydroxylation is 1. The molecule has 0 bridgehead atoms. The molecule has 2 aromatic carbocycles. The zero-order chi connectivity index (χ0) is 19.6. The summed E-state index contributed by atoms with van der Waals surface area (Å²) in [6, 6.07) is 9.60. The van der Waals surface area contributed by atoms with Crippen molar-refractivity contribution in [1.29, 1.82) is 0 Å². The molecule has 0 N–H and O–H groups in total. The highest BCUT2D eigenvalue weighted by atomic mass is 35.5. The molecule has 0 saturated carbocycles. The van der Waals surface area contributed by atoms with Crippen LogP contribution in [0.3, 0.4) is 0 Å². The van der Waals surface area contributed by atoms with E-state index in [-0.39, 0.29) is 23.2 Å². The van der Waals surface area contributed by atoms with Gasteiger partial charge < -0.3 is 9.15 Å². The zero-order valence-electron chi connectivity index (χ0n) is 15.0. The van der Waals surface area contributed by atoms with Gasteiger partial charge in [0, 0.05) is 24.1 Å². The van der Waals surface area contributed by atoms with Crippen LogP contribution in [-0.4, -0.2) is 13.1 Å². The molecule has 3 aromatic rings. The van der Waals surface area contributed by atoms with Crippen LogP contribution < -0.4 is 15.1 Å². The van der Waals surface area contributed by atoms with E-state index >= 15 is 0 Å². The molecule has 0 amide bonds. The monoisotopic (exact) mass is 388 g/mol. The van der Waals surface area contributed by atoms with Crippen molar-refractivity contribution in [2.24, 2.45) is 0 Å². The van der Waals surface area contributed by atoms with E-state index in [9.17, 15) is 9.59 Å². The van der Waals surface area contributed by atoms with Crippen LogP contribution in [0.15, 0.2) is 45.6 Å². The van der Waals surface area contributed by atoms with E-state index in [1.54, 1.807) is 44.2 Å². The van der Waals surface area contributed by atoms with Gasteiger partial charge in [0.05, 0.1) is 23.1 Å². The molecule has 0 radical (unpaired) electrons. The van der Waals surface area contributed by atoms with Crippen LogP contribution in [-0.2, 0) is 9.68 Å². The largest absolute Gasteiger partial charge is 0.496 e. The van der Waals surface area contributed by atoms with Gasteiger partial charge in [0.25, 0.3) is 0 Å². The number of carbonyl (C=O) groups excluding carboxylic acids is 1. The average molecular weight is 389 g/mol. The van der Waals surface area contributed by atoms with Crippen molar-refractivity contribution in [3.8, 4) is 22.8 Å². The van der Waals surface area contributed by atoms with Crippen molar-refractivity contribution >= 4 is 28.5 Å². The second-order valence-corrected chi connectivity index (χ2v) is 6.21. The Labute approximate surface area is 160 Å². The lowest BCUT2D eigenvalue weighted by atomic mass is 10.1. The number of benzene rings is 2. The molecule has 27 heavy (non-hydrogen) atoms. The molecular formula is C20H17ClO6. The minimum Gasteiger partial charge on any atom is -0.496 e. The van der Waals surface area contributed by atoms with Crippen molar-refractivity contribution in [1.82, 2.24) is 0 Å². The lowest BCUT2D eigenvalue weighted by molar-refractivity contribution is -0.213. The topological polar surface area (TPSA) is 75.0 Å². The Morgan fingerprint density at radius 3 is 2.67 bits per heavy atom. The van der Waals surface area contributed by atoms with Gasteiger partial charge in [0.2, 0.25) is 0 Å². The Bertz CT molecular complexity index is 1070. The Kier molecular flexibility index (Phi) is 5.37. The smallest absolute Gasteiger partial charge is 0.355 e. The van der Waals surface area contributed by atoms with Gasteiger partial charge in [-0.05, 0) is 25.1 Å². The SMILES string of the molecule is CCC(=O)OOc1cc(-c2cc(=O)c3cccc(Cl)c3o2)c(OC)cc1C. The predicted octanol–water partition coefficient (Wildman–Crippen LogP) is 4.68. The lowest BCUT2D eigenvalue weighted by Crippen LogP contribution is -2.07.